The normalized spacial score (nSPS) is 21.5. The zero-order valence-corrected chi connectivity index (χ0v) is 13.2. The van der Waals surface area contributed by atoms with Gasteiger partial charge in [0.1, 0.15) is 17.7 Å². The van der Waals surface area contributed by atoms with Crippen LogP contribution in [0.15, 0.2) is 48.5 Å². The van der Waals surface area contributed by atoms with Crippen LogP contribution in [-0.2, 0) is 4.79 Å². The molecule has 1 aliphatic heterocycles. The molecule has 3 unspecified atom stereocenters. The average Bonchev–Trinajstić information content (AvgIpc) is 3.06. The van der Waals surface area contributed by atoms with E-state index in [0.717, 1.165) is 11.1 Å². The number of hydrazine groups is 1. The van der Waals surface area contributed by atoms with Crippen LogP contribution in [0.5, 0.6) is 0 Å². The SMILES string of the molecule is CC(NC(=O)C1CC(c2ccc(F)cc2)NN1)c1ccc(F)cc1. The van der Waals surface area contributed by atoms with E-state index in [1.165, 1.54) is 24.3 Å². The second-order valence-corrected chi connectivity index (χ2v) is 5.96. The third-order valence-corrected chi connectivity index (χ3v) is 4.22. The summed E-state index contributed by atoms with van der Waals surface area (Å²) in [6.45, 7) is 1.85. The Morgan fingerprint density at radius 3 is 2.25 bits per heavy atom. The Morgan fingerprint density at radius 1 is 1.04 bits per heavy atom. The van der Waals surface area contributed by atoms with Gasteiger partial charge in [-0.1, -0.05) is 24.3 Å². The van der Waals surface area contributed by atoms with E-state index in [2.05, 4.69) is 16.2 Å². The lowest BCUT2D eigenvalue weighted by Crippen LogP contribution is -2.43. The van der Waals surface area contributed by atoms with Gasteiger partial charge in [-0.3, -0.25) is 4.79 Å². The first-order chi connectivity index (χ1) is 11.5. The highest BCUT2D eigenvalue weighted by Crippen LogP contribution is 2.23. The molecule has 1 amide bonds. The second kappa shape index (κ2) is 7.07. The maximum atomic E-state index is 13.0. The lowest BCUT2D eigenvalue weighted by molar-refractivity contribution is -0.123. The Kier molecular flexibility index (Phi) is 4.87. The molecule has 0 bridgehead atoms. The summed E-state index contributed by atoms with van der Waals surface area (Å²) in [5, 5.41) is 2.91. The summed E-state index contributed by atoms with van der Waals surface area (Å²) in [6, 6.07) is 11.6. The molecule has 3 N–H and O–H groups in total. The van der Waals surface area contributed by atoms with Gasteiger partial charge in [0.05, 0.1) is 6.04 Å². The van der Waals surface area contributed by atoms with Crippen molar-refractivity contribution in [3.8, 4) is 0 Å². The van der Waals surface area contributed by atoms with E-state index in [4.69, 9.17) is 0 Å². The molecule has 3 atom stereocenters. The number of benzene rings is 2. The van der Waals surface area contributed by atoms with Crippen LogP contribution >= 0.6 is 0 Å². The van der Waals surface area contributed by atoms with Gasteiger partial charge in [0.25, 0.3) is 0 Å². The standard InChI is InChI=1S/C18H19F2N3O/c1-11(12-2-6-14(19)7-3-12)21-18(24)17-10-16(22-23-17)13-4-8-15(20)9-5-13/h2-9,11,16-17,22-23H,10H2,1H3,(H,21,24). The maximum absolute atomic E-state index is 13.0. The predicted molar refractivity (Wildman–Crippen MR) is 86.8 cm³/mol. The van der Waals surface area contributed by atoms with Gasteiger partial charge in [0.2, 0.25) is 5.91 Å². The van der Waals surface area contributed by atoms with Gasteiger partial charge in [-0.15, -0.1) is 0 Å². The van der Waals surface area contributed by atoms with Crippen LogP contribution in [0.4, 0.5) is 8.78 Å². The average molecular weight is 331 g/mol. The minimum absolute atomic E-state index is 0.0533. The lowest BCUT2D eigenvalue weighted by Gasteiger charge is -2.17. The van der Waals surface area contributed by atoms with Crippen molar-refractivity contribution in [2.75, 3.05) is 0 Å². The van der Waals surface area contributed by atoms with Gasteiger partial charge in [0, 0.05) is 6.04 Å². The molecule has 1 heterocycles. The van der Waals surface area contributed by atoms with Crippen LogP contribution in [0, 0.1) is 11.6 Å². The Bertz CT molecular complexity index is 703. The number of carbonyl (C=O) groups is 1. The summed E-state index contributed by atoms with van der Waals surface area (Å²) >= 11 is 0. The highest BCUT2D eigenvalue weighted by molar-refractivity contribution is 5.82. The molecule has 0 spiro atoms. The predicted octanol–water partition coefficient (Wildman–Crippen LogP) is 2.75. The van der Waals surface area contributed by atoms with Gasteiger partial charge in [-0.25, -0.2) is 19.6 Å². The molecule has 3 rings (SSSR count). The summed E-state index contributed by atoms with van der Waals surface area (Å²) in [4.78, 5) is 12.4. The van der Waals surface area contributed by atoms with Gasteiger partial charge >= 0.3 is 0 Å². The number of nitrogens with one attached hydrogen (secondary N) is 3. The largest absolute Gasteiger partial charge is 0.348 e. The third-order valence-electron chi connectivity index (χ3n) is 4.22. The van der Waals surface area contributed by atoms with Crippen LogP contribution < -0.4 is 16.2 Å². The van der Waals surface area contributed by atoms with Crippen molar-refractivity contribution in [3.05, 3.63) is 71.3 Å². The highest BCUT2D eigenvalue weighted by atomic mass is 19.1. The molecule has 0 saturated carbocycles. The number of rotatable bonds is 4. The molecular formula is C18H19F2N3O. The number of carbonyl (C=O) groups excluding carboxylic acids is 1. The van der Waals surface area contributed by atoms with Gasteiger partial charge in [0.15, 0.2) is 0 Å². The fourth-order valence-electron chi connectivity index (χ4n) is 2.79. The molecule has 2 aromatic carbocycles. The summed E-state index contributed by atoms with van der Waals surface area (Å²) in [7, 11) is 0. The van der Waals surface area contributed by atoms with Crippen molar-refractivity contribution < 1.29 is 13.6 Å². The van der Waals surface area contributed by atoms with Crippen molar-refractivity contribution in [3.63, 3.8) is 0 Å². The molecule has 0 radical (unpaired) electrons. The van der Waals surface area contributed by atoms with Crippen molar-refractivity contribution in [2.45, 2.75) is 31.5 Å². The fourth-order valence-corrected chi connectivity index (χ4v) is 2.79. The van der Waals surface area contributed by atoms with Gasteiger partial charge in [-0.05, 0) is 48.7 Å². The zero-order chi connectivity index (χ0) is 17.1. The Labute approximate surface area is 139 Å². The number of hydrogen-bond donors (Lipinski definition) is 3. The van der Waals surface area contributed by atoms with Gasteiger partial charge in [-0.2, -0.15) is 0 Å². The minimum Gasteiger partial charge on any atom is -0.348 e. The van der Waals surface area contributed by atoms with E-state index >= 15 is 0 Å². The van der Waals surface area contributed by atoms with Crippen molar-refractivity contribution in [2.24, 2.45) is 0 Å². The van der Waals surface area contributed by atoms with E-state index in [1.807, 2.05) is 6.92 Å². The molecule has 6 heteroatoms. The molecule has 0 aliphatic carbocycles. The molecule has 0 aromatic heterocycles. The molecule has 1 fully saturated rings. The molecule has 4 nitrogen and oxygen atoms in total. The van der Waals surface area contributed by atoms with Crippen LogP contribution in [0.3, 0.4) is 0 Å². The minimum atomic E-state index is -0.386. The first kappa shape index (κ1) is 16.5. The summed E-state index contributed by atoms with van der Waals surface area (Å²) in [5.74, 6) is -0.725. The monoisotopic (exact) mass is 331 g/mol. The van der Waals surface area contributed by atoms with Crippen molar-refractivity contribution in [1.29, 1.82) is 0 Å². The van der Waals surface area contributed by atoms with Gasteiger partial charge < -0.3 is 5.32 Å². The molecule has 126 valence electrons. The smallest absolute Gasteiger partial charge is 0.239 e. The number of halogens is 2. The Morgan fingerprint density at radius 2 is 1.62 bits per heavy atom. The van der Waals surface area contributed by atoms with E-state index in [9.17, 15) is 13.6 Å². The molecular weight excluding hydrogens is 312 g/mol. The molecule has 1 saturated heterocycles. The second-order valence-electron chi connectivity index (χ2n) is 5.96. The van der Waals surface area contributed by atoms with Crippen LogP contribution in [0.2, 0.25) is 0 Å². The highest BCUT2D eigenvalue weighted by Gasteiger charge is 2.30. The Hall–Kier alpha value is -2.31. The van der Waals surface area contributed by atoms with Crippen LogP contribution in [0.1, 0.15) is 36.6 Å². The lowest BCUT2D eigenvalue weighted by atomic mass is 10.0. The number of hydrogen-bond acceptors (Lipinski definition) is 3. The Balaban J connectivity index is 1.58. The number of amides is 1. The van der Waals surface area contributed by atoms with Crippen molar-refractivity contribution >= 4 is 5.91 Å². The zero-order valence-electron chi connectivity index (χ0n) is 13.2. The summed E-state index contributed by atoms with van der Waals surface area (Å²) in [5.41, 5.74) is 7.79. The summed E-state index contributed by atoms with van der Waals surface area (Å²) < 4.78 is 25.9. The maximum Gasteiger partial charge on any atom is 0.239 e. The first-order valence-electron chi connectivity index (χ1n) is 7.85. The van der Waals surface area contributed by atoms with Crippen LogP contribution in [0.25, 0.3) is 0 Å². The molecule has 2 aromatic rings. The van der Waals surface area contributed by atoms with E-state index < -0.39 is 0 Å². The molecule has 1 aliphatic rings. The molecule has 24 heavy (non-hydrogen) atoms. The topological polar surface area (TPSA) is 53.2 Å². The quantitative estimate of drug-likeness (QED) is 0.807. The van der Waals surface area contributed by atoms with E-state index in [1.54, 1.807) is 24.3 Å². The first-order valence-corrected chi connectivity index (χ1v) is 7.85. The third kappa shape index (κ3) is 3.77. The van der Waals surface area contributed by atoms with E-state index in [0.29, 0.717) is 6.42 Å². The van der Waals surface area contributed by atoms with Crippen LogP contribution in [-0.4, -0.2) is 11.9 Å². The fraction of sp³-hybridized carbons (Fsp3) is 0.278. The van der Waals surface area contributed by atoms with Crippen molar-refractivity contribution in [1.82, 2.24) is 16.2 Å². The summed E-state index contributed by atoms with van der Waals surface area (Å²) in [6.07, 6.45) is 0.563. The van der Waals surface area contributed by atoms with E-state index in [-0.39, 0.29) is 35.7 Å².